The van der Waals surface area contributed by atoms with Crippen LogP contribution in [0.3, 0.4) is 0 Å². The monoisotopic (exact) mass is 449 g/mol. The molecule has 5 nitrogen and oxygen atoms in total. The summed E-state index contributed by atoms with van der Waals surface area (Å²) in [5.41, 5.74) is 0. The van der Waals surface area contributed by atoms with Crippen molar-refractivity contribution in [1.29, 1.82) is 0 Å². The first-order chi connectivity index (χ1) is 13.1. The third kappa shape index (κ3) is 5.32. The Labute approximate surface area is 167 Å². The van der Waals surface area contributed by atoms with Gasteiger partial charge in [0.2, 0.25) is 10.0 Å². The average Bonchev–Trinajstić information content (AvgIpc) is 3.31. The maximum atomic E-state index is 12.3. The number of aliphatic hydroxyl groups excluding tert-OH is 1. The van der Waals surface area contributed by atoms with Crippen molar-refractivity contribution < 1.29 is 31.4 Å². The fraction of sp³-hybridized carbons (Fsp3) is 0.176. The Morgan fingerprint density at radius 3 is 2.39 bits per heavy atom. The lowest BCUT2D eigenvalue weighted by Gasteiger charge is -2.10. The molecule has 2 heterocycles. The number of hydrogen-bond acceptors (Lipinski definition) is 6. The smallest absolute Gasteiger partial charge is 0.406 e. The van der Waals surface area contributed by atoms with Crippen LogP contribution in [-0.2, 0) is 16.6 Å². The summed E-state index contributed by atoms with van der Waals surface area (Å²) in [7, 11) is -3.91. The van der Waals surface area contributed by atoms with Crippen LogP contribution in [-0.4, -0.2) is 19.9 Å². The minimum atomic E-state index is -4.84. The van der Waals surface area contributed by atoms with E-state index in [9.17, 15) is 26.7 Å². The number of thiophene rings is 2. The van der Waals surface area contributed by atoms with E-state index in [1.54, 1.807) is 12.1 Å². The van der Waals surface area contributed by atoms with Crippen LogP contribution in [0.2, 0.25) is 0 Å². The van der Waals surface area contributed by atoms with E-state index in [0.29, 0.717) is 9.75 Å². The third-order valence-electron chi connectivity index (χ3n) is 3.57. The van der Waals surface area contributed by atoms with Crippen LogP contribution in [0, 0.1) is 0 Å². The lowest BCUT2D eigenvalue weighted by atomic mass is 10.2. The first-order valence-corrected chi connectivity index (χ1v) is 11.0. The molecule has 3 aromatic rings. The zero-order valence-electron chi connectivity index (χ0n) is 14.0. The molecule has 0 aliphatic heterocycles. The number of hydrogen-bond donors (Lipinski definition) is 2. The molecule has 0 spiro atoms. The summed E-state index contributed by atoms with van der Waals surface area (Å²) in [4.78, 5) is 1.98. The van der Waals surface area contributed by atoms with E-state index in [1.165, 1.54) is 22.7 Å². The van der Waals surface area contributed by atoms with Gasteiger partial charge in [-0.15, -0.1) is 35.8 Å². The Bertz CT molecular complexity index is 1010. The van der Waals surface area contributed by atoms with Crippen molar-refractivity contribution in [3.05, 3.63) is 68.5 Å². The number of benzene rings is 1. The highest BCUT2D eigenvalue weighted by molar-refractivity contribution is 7.89. The first kappa shape index (κ1) is 20.8. The predicted octanol–water partition coefficient (Wildman–Crippen LogP) is 4.27. The molecule has 2 N–H and O–H groups in total. The Balaban J connectivity index is 1.64. The Hall–Kier alpha value is -1.92. The van der Waals surface area contributed by atoms with Crippen LogP contribution >= 0.6 is 22.7 Å². The second kappa shape index (κ2) is 8.21. The molecule has 0 bridgehead atoms. The molecule has 0 saturated carbocycles. The van der Waals surface area contributed by atoms with Crippen LogP contribution in [0.25, 0.3) is 0 Å². The summed E-state index contributed by atoms with van der Waals surface area (Å²) in [6.45, 7) is -0.00897. The summed E-state index contributed by atoms with van der Waals surface area (Å²) in [5, 5.41) is 12.2. The number of aliphatic hydroxyl groups is 1. The van der Waals surface area contributed by atoms with Crippen LogP contribution < -0.4 is 9.46 Å². The van der Waals surface area contributed by atoms with E-state index in [1.807, 2.05) is 17.5 Å². The lowest BCUT2D eigenvalue weighted by molar-refractivity contribution is -0.274. The van der Waals surface area contributed by atoms with Gasteiger partial charge in [0.15, 0.2) is 0 Å². The standard InChI is InChI=1S/C17H14F3NO4S3/c18-17(19,20)25-11-3-6-13(7-4-11)28(23,24)21-10-12-5-8-15(27-12)16(22)14-2-1-9-26-14/h1-9,16,21-22H,10H2. The summed E-state index contributed by atoms with van der Waals surface area (Å²) < 4.78 is 67.2. The van der Waals surface area contributed by atoms with E-state index < -0.39 is 28.2 Å². The maximum absolute atomic E-state index is 12.3. The predicted molar refractivity (Wildman–Crippen MR) is 99.9 cm³/mol. The molecule has 0 radical (unpaired) electrons. The summed E-state index contributed by atoms with van der Waals surface area (Å²) in [6.07, 6.45) is -5.61. The van der Waals surface area contributed by atoms with Crippen LogP contribution in [0.4, 0.5) is 13.2 Å². The topological polar surface area (TPSA) is 75.6 Å². The molecule has 0 fully saturated rings. The first-order valence-electron chi connectivity index (χ1n) is 7.79. The number of alkyl halides is 3. The van der Waals surface area contributed by atoms with Crippen molar-refractivity contribution in [1.82, 2.24) is 4.72 Å². The lowest BCUT2D eigenvalue weighted by Crippen LogP contribution is -2.23. The van der Waals surface area contributed by atoms with Gasteiger partial charge < -0.3 is 9.84 Å². The van der Waals surface area contributed by atoms with Gasteiger partial charge in [0, 0.05) is 21.2 Å². The zero-order chi connectivity index (χ0) is 20.4. The largest absolute Gasteiger partial charge is 0.573 e. The fourth-order valence-corrected chi connectivity index (χ4v) is 5.15. The van der Waals surface area contributed by atoms with E-state index in [-0.39, 0.29) is 11.4 Å². The molecule has 28 heavy (non-hydrogen) atoms. The number of nitrogens with one attached hydrogen (secondary N) is 1. The van der Waals surface area contributed by atoms with E-state index in [2.05, 4.69) is 9.46 Å². The van der Waals surface area contributed by atoms with Gasteiger partial charge in [-0.1, -0.05) is 6.07 Å². The molecule has 1 aromatic carbocycles. The normalized spacial score (nSPS) is 13.4. The zero-order valence-corrected chi connectivity index (χ0v) is 16.5. The van der Waals surface area contributed by atoms with Crippen molar-refractivity contribution in [2.24, 2.45) is 0 Å². The van der Waals surface area contributed by atoms with Gasteiger partial charge in [-0.3, -0.25) is 0 Å². The SMILES string of the molecule is O=S(=O)(NCc1ccc(C(O)c2cccs2)s1)c1ccc(OC(F)(F)F)cc1. The minimum absolute atomic E-state index is 0.00897. The molecule has 1 atom stereocenters. The molecule has 11 heteroatoms. The molecular formula is C17H14F3NO4S3. The second-order valence-corrected chi connectivity index (χ2v) is 9.51. The van der Waals surface area contributed by atoms with E-state index in [4.69, 9.17) is 0 Å². The van der Waals surface area contributed by atoms with Crippen molar-refractivity contribution in [3.8, 4) is 5.75 Å². The van der Waals surface area contributed by atoms with Crippen molar-refractivity contribution in [2.75, 3.05) is 0 Å². The Morgan fingerprint density at radius 2 is 1.79 bits per heavy atom. The molecule has 0 aliphatic rings. The highest BCUT2D eigenvalue weighted by Crippen LogP contribution is 2.31. The second-order valence-electron chi connectivity index (χ2n) is 5.57. The Morgan fingerprint density at radius 1 is 1.07 bits per heavy atom. The maximum Gasteiger partial charge on any atom is 0.573 e. The van der Waals surface area contributed by atoms with Gasteiger partial charge in [-0.05, 0) is 47.8 Å². The fourth-order valence-electron chi connectivity index (χ4n) is 2.29. The third-order valence-corrected chi connectivity index (χ3v) is 7.05. The summed E-state index contributed by atoms with van der Waals surface area (Å²) in [6, 6.07) is 11.0. The van der Waals surface area contributed by atoms with Crippen LogP contribution in [0.1, 0.15) is 20.7 Å². The molecular weight excluding hydrogens is 435 g/mol. The minimum Gasteiger partial charge on any atom is -0.406 e. The van der Waals surface area contributed by atoms with Crippen molar-refractivity contribution in [2.45, 2.75) is 23.9 Å². The molecule has 150 valence electrons. The quantitative estimate of drug-likeness (QED) is 0.565. The number of ether oxygens (including phenoxy) is 1. The van der Waals surface area contributed by atoms with Gasteiger partial charge in [0.25, 0.3) is 0 Å². The van der Waals surface area contributed by atoms with Crippen molar-refractivity contribution in [3.63, 3.8) is 0 Å². The molecule has 0 amide bonds. The number of sulfonamides is 1. The summed E-state index contributed by atoms with van der Waals surface area (Å²) >= 11 is 2.69. The number of rotatable bonds is 7. The number of halogens is 3. The van der Waals surface area contributed by atoms with Crippen molar-refractivity contribution >= 4 is 32.7 Å². The van der Waals surface area contributed by atoms with Gasteiger partial charge >= 0.3 is 6.36 Å². The van der Waals surface area contributed by atoms with Gasteiger partial charge in [0.1, 0.15) is 11.9 Å². The molecule has 0 saturated heterocycles. The van der Waals surface area contributed by atoms with Gasteiger partial charge in [-0.2, -0.15) is 0 Å². The average molecular weight is 449 g/mol. The van der Waals surface area contributed by atoms with Crippen LogP contribution in [0.15, 0.2) is 58.8 Å². The highest BCUT2D eigenvalue weighted by atomic mass is 32.2. The summed E-state index contributed by atoms with van der Waals surface area (Å²) in [5.74, 6) is -0.503. The van der Waals surface area contributed by atoms with E-state index in [0.717, 1.165) is 29.1 Å². The Kier molecular flexibility index (Phi) is 6.10. The van der Waals surface area contributed by atoms with E-state index >= 15 is 0 Å². The molecule has 3 rings (SSSR count). The molecule has 1 unspecified atom stereocenters. The van der Waals surface area contributed by atoms with Gasteiger partial charge in [-0.25, -0.2) is 13.1 Å². The highest BCUT2D eigenvalue weighted by Gasteiger charge is 2.31. The van der Waals surface area contributed by atoms with Crippen LogP contribution in [0.5, 0.6) is 5.75 Å². The molecule has 2 aromatic heterocycles. The molecule has 0 aliphatic carbocycles. The van der Waals surface area contributed by atoms with Gasteiger partial charge in [0.05, 0.1) is 4.90 Å².